The molecule has 1 aliphatic heterocycles. The molecule has 2 aromatic rings. The third-order valence-electron chi connectivity index (χ3n) is 4.88. The maximum atomic E-state index is 11.9. The lowest BCUT2D eigenvalue weighted by molar-refractivity contribution is -0.137. The van der Waals surface area contributed by atoms with E-state index >= 15 is 0 Å². The van der Waals surface area contributed by atoms with Crippen molar-refractivity contribution in [3.63, 3.8) is 0 Å². The van der Waals surface area contributed by atoms with Gasteiger partial charge in [-0.15, -0.1) is 0 Å². The van der Waals surface area contributed by atoms with Crippen molar-refractivity contribution in [1.82, 2.24) is 5.01 Å². The number of phenolic OH excluding ortho intramolecular Hbond substituents is 1. The average molecular weight is 378 g/mol. The van der Waals surface area contributed by atoms with Crippen molar-refractivity contribution < 1.29 is 14.6 Å². The van der Waals surface area contributed by atoms with Crippen molar-refractivity contribution in [1.29, 1.82) is 0 Å². The molecule has 2 aromatic carbocycles. The summed E-state index contributed by atoms with van der Waals surface area (Å²) in [4.78, 5) is 11.9. The van der Waals surface area contributed by atoms with Gasteiger partial charge in [0.25, 0.3) is 0 Å². The van der Waals surface area contributed by atoms with Gasteiger partial charge in [-0.25, -0.2) is 4.79 Å². The summed E-state index contributed by atoms with van der Waals surface area (Å²) in [6.45, 7) is 6.06. The van der Waals surface area contributed by atoms with Crippen LogP contribution in [0.3, 0.4) is 0 Å². The Morgan fingerprint density at radius 2 is 1.93 bits per heavy atom. The highest BCUT2D eigenvalue weighted by atomic mass is 16.5. The van der Waals surface area contributed by atoms with E-state index in [0.29, 0.717) is 18.7 Å². The van der Waals surface area contributed by atoms with E-state index in [4.69, 9.17) is 9.84 Å². The van der Waals surface area contributed by atoms with E-state index in [2.05, 4.69) is 31.2 Å². The number of carbonyl (C=O) groups excluding carboxylic acids is 1. The fraction of sp³-hybridized carbons (Fsp3) is 0.304. The quantitative estimate of drug-likeness (QED) is 0.591. The van der Waals surface area contributed by atoms with Gasteiger partial charge in [0, 0.05) is 23.8 Å². The molecule has 0 aromatic heterocycles. The van der Waals surface area contributed by atoms with Crippen LogP contribution in [0.25, 0.3) is 0 Å². The maximum Gasteiger partial charge on any atom is 0.332 e. The minimum atomic E-state index is -0.396. The summed E-state index contributed by atoms with van der Waals surface area (Å²) in [5, 5.41) is 17.0. The molecule has 0 amide bonds. The van der Waals surface area contributed by atoms with Crippen LogP contribution < -0.4 is 0 Å². The van der Waals surface area contributed by atoms with Gasteiger partial charge in [-0.3, -0.25) is 5.01 Å². The highest BCUT2D eigenvalue weighted by Crippen LogP contribution is 2.39. The van der Waals surface area contributed by atoms with E-state index in [1.54, 1.807) is 24.1 Å². The summed E-state index contributed by atoms with van der Waals surface area (Å²) in [7, 11) is 0. The first-order chi connectivity index (χ1) is 13.5. The smallest absolute Gasteiger partial charge is 0.332 e. The van der Waals surface area contributed by atoms with Crippen LogP contribution in [0.5, 0.6) is 5.75 Å². The zero-order valence-electron chi connectivity index (χ0n) is 16.6. The summed E-state index contributed by atoms with van der Waals surface area (Å²) in [5.41, 5.74) is 4.70. The monoisotopic (exact) mass is 378 g/mol. The molecule has 3 rings (SSSR count). The Bertz CT molecular complexity index is 900. The lowest BCUT2D eigenvalue weighted by atomic mass is 9.97. The second-order valence-electron chi connectivity index (χ2n) is 6.76. The van der Waals surface area contributed by atoms with Gasteiger partial charge >= 0.3 is 5.97 Å². The fourth-order valence-electron chi connectivity index (χ4n) is 3.37. The van der Waals surface area contributed by atoms with Crippen LogP contribution in [0.1, 0.15) is 49.9 Å². The summed E-state index contributed by atoms with van der Waals surface area (Å²) >= 11 is 0. The van der Waals surface area contributed by atoms with Crippen LogP contribution in [0.4, 0.5) is 0 Å². The van der Waals surface area contributed by atoms with Crippen LogP contribution in [-0.4, -0.2) is 28.4 Å². The number of hydrogen-bond donors (Lipinski definition) is 1. The Kier molecular flexibility index (Phi) is 6.14. The van der Waals surface area contributed by atoms with Gasteiger partial charge in [-0.1, -0.05) is 49.4 Å². The van der Waals surface area contributed by atoms with E-state index in [9.17, 15) is 9.90 Å². The Morgan fingerprint density at radius 3 is 2.57 bits per heavy atom. The molecule has 5 heteroatoms. The molecule has 28 heavy (non-hydrogen) atoms. The number of para-hydroxylation sites is 1. The number of ether oxygens (including phenoxy) is 1. The molecular weight excluding hydrogens is 352 g/mol. The van der Waals surface area contributed by atoms with Crippen molar-refractivity contribution in [3.05, 3.63) is 77.0 Å². The molecule has 1 N–H and O–H groups in total. The molecule has 5 nitrogen and oxygen atoms in total. The first-order valence-corrected chi connectivity index (χ1v) is 9.62. The van der Waals surface area contributed by atoms with Gasteiger partial charge in [0.2, 0.25) is 0 Å². The average Bonchev–Trinajstić information content (AvgIpc) is 3.14. The molecular formula is C23H26N2O3. The molecule has 1 aliphatic rings. The SMILES string of the molecule is CCOC(=O)/C=C(\C)N1N=C(c2ccc(CC)cc2)C[C@H]1c1ccccc1O. The number of hydrazone groups is 1. The van der Waals surface area contributed by atoms with Gasteiger partial charge < -0.3 is 9.84 Å². The minimum absolute atomic E-state index is 0.187. The fourth-order valence-corrected chi connectivity index (χ4v) is 3.37. The Balaban J connectivity index is 1.97. The summed E-state index contributed by atoms with van der Waals surface area (Å²) in [6, 6.07) is 15.4. The van der Waals surface area contributed by atoms with E-state index in [1.165, 1.54) is 11.6 Å². The van der Waals surface area contributed by atoms with Crippen LogP contribution in [0.15, 0.2) is 65.4 Å². The molecule has 0 bridgehead atoms. The topological polar surface area (TPSA) is 62.1 Å². The molecule has 1 atom stereocenters. The van der Waals surface area contributed by atoms with Gasteiger partial charge in [-0.2, -0.15) is 5.10 Å². The number of carbonyl (C=O) groups is 1. The minimum Gasteiger partial charge on any atom is -0.508 e. The Morgan fingerprint density at radius 1 is 1.21 bits per heavy atom. The number of benzene rings is 2. The van der Waals surface area contributed by atoms with Gasteiger partial charge in [0.05, 0.1) is 18.4 Å². The highest BCUT2D eigenvalue weighted by molar-refractivity contribution is 6.02. The second-order valence-corrected chi connectivity index (χ2v) is 6.76. The van der Waals surface area contributed by atoms with Crippen LogP contribution >= 0.6 is 0 Å². The molecule has 0 spiro atoms. The summed E-state index contributed by atoms with van der Waals surface area (Å²) < 4.78 is 5.03. The predicted octanol–water partition coefficient (Wildman–Crippen LogP) is 4.57. The largest absolute Gasteiger partial charge is 0.508 e. The first-order valence-electron chi connectivity index (χ1n) is 9.62. The molecule has 1 heterocycles. The molecule has 0 aliphatic carbocycles. The number of esters is 1. The van der Waals surface area contributed by atoms with E-state index in [-0.39, 0.29) is 11.8 Å². The lowest BCUT2D eigenvalue weighted by Crippen LogP contribution is -2.19. The molecule has 0 unspecified atom stereocenters. The van der Waals surface area contributed by atoms with Crippen LogP contribution in [0.2, 0.25) is 0 Å². The number of aryl methyl sites for hydroxylation is 1. The van der Waals surface area contributed by atoms with Crippen molar-refractivity contribution >= 4 is 11.7 Å². The van der Waals surface area contributed by atoms with Crippen molar-refractivity contribution in [2.75, 3.05) is 6.61 Å². The van der Waals surface area contributed by atoms with Gasteiger partial charge in [0.1, 0.15) is 5.75 Å². The summed E-state index contributed by atoms with van der Waals surface area (Å²) in [5.74, 6) is -0.175. The Labute approximate surface area is 166 Å². The zero-order valence-corrected chi connectivity index (χ0v) is 16.6. The van der Waals surface area contributed by atoms with Crippen molar-refractivity contribution in [3.8, 4) is 5.75 Å². The number of phenols is 1. The van der Waals surface area contributed by atoms with Crippen LogP contribution in [0, 0.1) is 0 Å². The summed E-state index contributed by atoms with van der Waals surface area (Å²) in [6.07, 6.45) is 3.07. The van der Waals surface area contributed by atoms with Crippen molar-refractivity contribution in [2.24, 2.45) is 5.10 Å². The molecule has 0 saturated carbocycles. The second kappa shape index (κ2) is 8.74. The first kappa shape index (κ1) is 19.7. The van der Waals surface area contributed by atoms with E-state index < -0.39 is 5.97 Å². The molecule has 0 radical (unpaired) electrons. The standard InChI is InChI=1S/C23H26N2O3/c1-4-17-10-12-18(13-11-17)20-15-21(19-8-6-7-9-22(19)26)25(24-20)16(3)14-23(27)28-5-2/h6-14,21,26H,4-5,15H2,1-3H3/b16-14+/t21-/m0/s1. The zero-order chi connectivity index (χ0) is 20.1. The van der Waals surface area contributed by atoms with E-state index in [1.807, 2.05) is 19.1 Å². The highest BCUT2D eigenvalue weighted by Gasteiger charge is 2.31. The number of rotatable bonds is 6. The molecule has 146 valence electrons. The number of hydrogen-bond acceptors (Lipinski definition) is 5. The predicted molar refractivity (Wildman–Crippen MR) is 110 cm³/mol. The molecule has 0 fully saturated rings. The lowest BCUT2D eigenvalue weighted by Gasteiger charge is -2.24. The van der Waals surface area contributed by atoms with Crippen LogP contribution in [-0.2, 0) is 16.0 Å². The third-order valence-corrected chi connectivity index (χ3v) is 4.88. The Hall–Kier alpha value is -3.08. The number of allylic oxidation sites excluding steroid dienone is 1. The van der Waals surface area contributed by atoms with Gasteiger partial charge in [-0.05, 0) is 37.5 Å². The maximum absolute atomic E-state index is 11.9. The third kappa shape index (κ3) is 4.25. The number of nitrogens with zero attached hydrogens (tertiary/aromatic N) is 2. The van der Waals surface area contributed by atoms with Crippen molar-refractivity contribution in [2.45, 2.75) is 39.7 Å². The molecule has 0 saturated heterocycles. The normalized spacial score (nSPS) is 16.8. The number of aromatic hydroxyl groups is 1. The van der Waals surface area contributed by atoms with Gasteiger partial charge in [0.15, 0.2) is 0 Å². The van der Waals surface area contributed by atoms with E-state index in [0.717, 1.165) is 23.3 Å².